The minimum atomic E-state index is 0.556. The largest absolute Gasteiger partial charge is 0.493 e. The summed E-state index contributed by atoms with van der Waals surface area (Å²) in [7, 11) is 0. The van der Waals surface area contributed by atoms with Crippen LogP contribution in [0, 0.1) is 6.92 Å². The number of ether oxygens (including phenoxy) is 2. The van der Waals surface area contributed by atoms with Crippen LogP contribution in [-0.2, 0) is 5.75 Å². The van der Waals surface area contributed by atoms with Crippen LogP contribution in [0.4, 0.5) is 0 Å². The second-order valence-electron chi connectivity index (χ2n) is 5.61. The second kappa shape index (κ2) is 9.29. The van der Waals surface area contributed by atoms with Crippen LogP contribution < -0.4 is 9.47 Å². The van der Waals surface area contributed by atoms with Gasteiger partial charge in [-0.05, 0) is 37.6 Å². The van der Waals surface area contributed by atoms with Crippen LogP contribution in [-0.4, -0.2) is 29.1 Å². The molecule has 0 saturated heterocycles. The predicted molar refractivity (Wildman–Crippen MR) is 104 cm³/mol. The molecule has 136 valence electrons. The third-order valence-corrected chi connectivity index (χ3v) is 4.61. The van der Waals surface area contributed by atoms with Crippen molar-refractivity contribution in [1.82, 2.24) is 10.1 Å². The second-order valence-corrected chi connectivity index (χ2v) is 6.71. The van der Waals surface area contributed by atoms with Crippen molar-refractivity contribution in [2.75, 3.05) is 19.0 Å². The van der Waals surface area contributed by atoms with Crippen LogP contribution in [0.2, 0.25) is 0 Å². The van der Waals surface area contributed by atoms with E-state index in [-0.39, 0.29) is 0 Å². The summed E-state index contributed by atoms with van der Waals surface area (Å²) in [6.07, 6.45) is 0. The first kappa shape index (κ1) is 18.3. The molecule has 0 unspecified atom stereocenters. The Balaban J connectivity index is 1.49. The van der Waals surface area contributed by atoms with E-state index in [2.05, 4.69) is 10.1 Å². The van der Waals surface area contributed by atoms with Crippen molar-refractivity contribution in [2.45, 2.75) is 19.6 Å². The van der Waals surface area contributed by atoms with E-state index in [0.717, 1.165) is 28.4 Å². The number of hydrogen-bond acceptors (Lipinski definition) is 6. The van der Waals surface area contributed by atoms with Gasteiger partial charge < -0.3 is 14.0 Å². The number of para-hydroxylation sites is 2. The molecule has 1 heterocycles. The summed E-state index contributed by atoms with van der Waals surface area (Å²) >= 11 is 1.70. The van der Waals surface area contributed by atoms with Gasteiger partial charge in [0.1, 0.15) is 11.5 Å². The number of rotatable bonds is 9. The molecule has 0 radical (unpaired) electrons. The number of aryl methyl sites for hydroxylation is 1. The van der Waals surface area contributed by atoms with Crippen LogP contribution in [0.15, 0.2) is 53.1 Å². The van der Waals surface area contributed by atoms with Crippen LogP contribution >= 0.6 is 11.8 Å². The average molecular weight is 370 g/mol. The van der Waals surface area contributed by atoms with Crippen molar-refractivity contribution in [3.8, 4) is 22.9 Å². The standard InChI is InChI=1S/C20H22N2O3S/c1-3-23-18-11-7-5-9-16(18)20-21-19(25-22-20)14-26-13-12-24-17-10-6-4-8-15(17)2/h4-11H,3,12-14H2,1-2H3. The zero-order chi connectivity index (χ0) is 18.2. The molecule has 1 aromatic heterocycles. The molecule has 2 aromatic carbocycles. The van der Waals surface area contributed by atoms with E-state index in [1.54, 1.807) is 11.8 Å². The molecule has 0 saturated carbocycles. The molecular weight excluding hydrogens is 348 g/mol. The van der Waals surface area contributed by atoms with E-state index < -0.39 is 0 Å². The summed E-state index contributed by atoms with van der Waals surface area (Å²) in [4.78, 5) is 4.47. The number of benzene rings is 2. The maximum atomic E-state index is 5.79. The van der Waals surface area contributed by atoms with Crippen molar-refractivity contribution in [1.29, 1.82) is 0 Å². The lowest BCUT2D eigenvalue weighted by molar-refractivity contribution is 0.340. The average Bonchev–Trinajstić information content (AvgIpc) is 3.12. The Kier molecular flexibility index (Phi) is 6.55. The van der Waals surface area contributed by atoms with Gasteiger partial charge in [0, 0.05) is 5.75 Å². The molecule has 0 aliphatic heterocycles. The lowest BCUT2D eigenvalue weighted by Crippen LogP contribution is -2.01. The lowest BCUT2D eigenvalue weighted by atomic mass is 10.2. The topological polar surface area (TPSA) is 57.4 Å². The fraction of sp³-hybridized carbons (Fsp3) is 0.300. The monoisotopic (exact) mass is 370 g/mol. The van der Waals surface area contributed by atoms with Gasteiger partial charge in [-0.15, -0.1) is 11.8 Å². The molecule has 0 bridgehead atoms. The molecular formula is C20H22N2O3S. The van der Waals surface area contributed by atoms with E-state index in [9.17, 15) is 0 Å². The molecule has 0 atom stereocenters. The van der Waals surface area contributed by atoms with Crippen molar-refractivity contribution in [3.05, 3.63) is 60.0 Å². The number of aromatic nitrogens is 2. The number of hydrogen-bond donors (Lipinski definition) is 0. The van der Waals surface area contributed by atoms with E-state index in [1.807, 2.05) is 62.4 Å². The maximum Gasteiger partial charge on any atom is 0.236 e. The zero-order valence-electron chi connectivity index (χ0n) is 15.0. The Labute approximate surface area is 157 Å². The van der Waals surface area contributed by atoms with Gasteiger partial charge in [-0.2, -0.15) is 4.98 Å². The van der Waals surface area contributed by atoms with Gasteiger partial charge in [0.15, 0.2) is 0 Å². The highest BCUT2D eigenvalue weighted by Crippen LogP contribution is 2.28. The van der Waals surface area contributed by atoms with Crippen LogP contribution in [0.25, 0.3) is 11.4 Å². The van der Waals surface area contributed by atoms with Crippen molar-refractivity contribution >= 4 is 11.8 Å². The smallest absolute Gasteiger partial charge is 0.236 e. The van der Waals surface area contributed by atoms with Crippen molar-refractivity contribution in [3.63, 3.8) is 0 Å². The van der Waals surface area contributed by atoms with Crippen LogP contribution in [0.5, 0.6) is 11.5 Å². The predicted octanol–water partition coefficient (Wildman–Crippen LogP) is 4.76. The van der Waals surface area contributed by atoms with E-state index >= 15 is 0 Å². The minimum absolute atomic E-state index is 0.556. The van der Waals surface area contributed by atoms with E-state index in [4.69, 9.17) is 14.0 Å². The van der Waals surface area contributed by atoms with Crippen LogP contribution in [0.3, 0.4) is 0 Å². The number of thioether (sulfide) groups is 1. The summed E-state index contributed by atoms with van der Waals surface area (Å²) in [6.45, 7) is 5.23. The lowest BCUT2D eigenvalue weighted by Gasteiger charge is -2.07. The van der Waals surface area contributed by atoms with Gasteiger partial charge in [-0.25, -0.2) is 0 Å². The molecule has 0 fully saturated rings. The molecule has 0 aliphatic carbocycles. The van der Waals surface area contributed by atoms with Gasteiger partial charge >= 0.3 is 0 Å². The Bertz CT molecular complexity index is 835. The van der Waals surface area contributed by atoms with Crippen molar-refractivity contribution < 1.29 is 14.0 Å². The highest BCUT2D eigenvalue weighted by atomic mass is 32.2. The highest BCUT2D eigenvalue weighted by Gasteiger charge is 2.13. The van der Waals surface area contributed by atoms with E-state index in [1.165, 1.54) is 0 Å². The zero-order valence-corrected chi connectivity index (χ0v) is 15.8. The summed E-state index contributed by atoms with van der Waals surface area (Å²) < 4.78 is 16.8. The van der Waals surface area contributed by atoms with Gasteiger partial charge in [0.05, 0.1) is 24.5 Å². The first-order chi connectivity index (χ1) is 12.8. The quantitative estimate of drug-likeness (QED) is 0.506. The molecule has 0 N–H and O–H groups in total. The van der Waals surface area contributed by atoms with Gasteiger partial charge in [-0.1, -0.05) is 35.5 Å². The normalized spacial score (nSPS) is 10.7. The Morgan fingerprint density at radius 2 is 1.77 bits per heavy atom. The molecule has 0 spiro atoms. The Morgan fingerprint density at radius 1 is 1.00 bits per heavy atom. The number of nitrogens with zero attached hydrogens (tertiary/aromatic N) is 2. The first-order valence-corrected chi connectivity index (χ1v) is 9.74. The fourth-order valence-corrected chi connectivity index (χ4v) is 3.08. The molecule has 6 heteroatoms. The van der Waals surface area contributed by atoms with E-state index in [0.29, 0.717) is 30.7 Å². The summed E-state index contributed by atoms with van der Waals surface area (Å²) in [5.41, 5.74) is 1.99. The summed E-state index contributed by atoms with van der Waals surface area (Å²) in [5, 5.41) is 4.08. The molecule has 0 amide bonds. The van der Waals surface area contributed by atoms with Gasteiger partial charge in [-0.3, -0.25) is 0 Å². The Hall–Kier alpha value is -2.47. The fourth-order valence-electron chi connectivity index (χ4n) is 2.44. The molecule has 26 heavy (non-hydrogen) atoms. The third kappa shape index (κ3) is 4.79. The minimum Gasteiger partial charge on any atom is -0.493 e. The molecule has 5 nitrogen and oxygen atoms in total. The van der Waals surface area contributed by atoms with Crippen molar-refractivity contribution in [2.24, 2.45) is 0 Å². The highest BCUT2D eigenvalue weighted by molar-refractivity contribution is 7.98. The van der Waals surface area contributed by atoms with Crippen LogP contribution in [0.1, 0.15) is 18.4 Å². The summed E-state index contributed by atoms with van der Waals surface area (Å²) in [6, 6.07) is 15.7. The summed E-state index contributed by atoms with van der Waals surface area (Å²) in [5.74, 6) is 4.36. The first-order valence-electron chi connectivity index (χ1n) is 8.59. The molecule has 0 aliphatic rings. The SMILES string of the molecule is CCOc1ccccc1-c1noc(CSCCOc2ccccc2C)n1. The Morgan fingerprint density at radius 3 is 2.58 bits per heavy atom. The molecule has 3 rings (SSSR count). The maximum absolute atomic E-state index is 5.79. The molecule has 3 aromatic rings. The van der Waals surface area contributed by atoms with Gasteiger partial charge in [0.2, 0.25) is 11.7 Å². The third-order valence-electron chi connectivity index (χ3n) is 3.70. The van der Waals surface area contributed by atoms with Gasteiger partial charge in [0.25, 0.3) is 0 Å².